The molecule has 0 spiro atoms. The third kappa shape index (κ3) is 5.09. The van der Waals surface area contributed by atoms with Crippen LogP contribution in [0.15, 0.2) is 59.8 Å². The molecule has 7 heteroatoms. The van der Waals surface area contributed by atoms with Gasteiger partial charge in [0.2, 0.25) is 5.16 Å². The number of ether oxygens (including phenoxy) is 1. The number of ketones is 1. The highest BCUT2D eigenvalue weighted by molar-refractivity contribution is 7.99. The van der Waals surface area contributed by atoms with Gasteiger partial charge in [0.05, 0.1) is 11.8 Å². The van der Waals surface area contributed by atoms with Gasteiger partial charge in [-0.3, -0.25) is 4.79 Å². The van der Waals surface area contributed by atoms with E-state index in [1.807, 2.05) is 41.9 Å². The number of nitrogens with zero attached hydrogens (tertiary/aromatic N) is 3. The second kappa shape index (κ2) is 9.45. The van der Waals surface area contributed by atoms with Crippen LogP contribution in [0, 0.1) is 0 Å². The van der Waals surface area contributed by atoms with Gasteiger partial charge in [-0.05, 0) is 49.2 Å². The summed E-state index contributed by atoms with van der Waals surface area (Å²) in [5.74, 6) is 2.65. The van der Waals surface area contributed by atoms with E-state index < -0.39 is 6.10 Å². The number of carbonyl (C=O) groups is 1. The second-order valence-corrected chi connectivity index (χ2v) is 8.34. The molecule has 0 unspecified atom stereocenters. The SMILES string of the molecule is CCC(=O)c1ccc(OC[C@H](O)CSc2nc(C3CC3)n(-c3ccccc3)n2)cc1. The van der Waals surface area contributed by atoms with Crippen molar-refractivity contribution in [3.63, 3.8) is 0 Å². The summed E-state index contributed by atoms with van der Waals surface area (Å²) in [6.07, 6.45) is 2.12. The quantitative estimate of drug-likeness (QED) is 0.388. The number of hydrogen-bond acceptors (Lipinski definition) is 6. The number of Topliss-reactive ketones (excluding diaryl/α,β-unsaturated/α-hetero) is 1. The van der Waals surface area contributed by atoms with Crippen LogP contribution in [0.4, 0.5) is 0 Å². The zero-order valence-corrected chi connectivity index (χ0v) is 17.7. The van der Waals surface area contributed by atoms with E-state index in [1.54, 1.807) is 24.3 Å². The van der Waals surface area contributed by atoms with Crippen molar-refractivity contribution in [1.29, 1.82) is 0 Å². The van der Waals surface area contributed by atoms with Crippen LogP contribution < -0.4 is 4.74 Å². The largest absolute Gasteiger partial charge is 0.491 e. The predicted octanol–water partition coefficient (Wildman–Crippen LogP) is 4.27. The molecule has 1 saturated carbocycles. The summed E-state index contributed by atoms with van der Waals surface area (Å²) >= 11 is 1.43. The number of aliphatic hydroxyl groups excluding tert-OH is 1. The van der Waals surface area contributed by atoms with Crippen LogP contribution in [-0.4, -0.2) is 44.1 Å². The fourth-order valence-corrected chi connectivity index (χ4v) is 3.82. The summed E-state index contributed by atoms with van der Waals surface area (Å²) < 4.78 is 7.57. The third-order valence-electron chi connectivity index (χ3n) is 4.90. The van der Waals surface area contributed by atoms with Gasteiger partial charge in [-0.1, -0.05) is 36.9 Å². The average molecular weight is 424 g/mol. The van der Waals surface area contributed by atoms with E-state index in [9.17, 15) is 9.90 Å². The summed E-state index contributed by atoms with van der Waals surface area (Å²) in [4.78, 5) is 16.4. The number of para-hydroxylation sites is 1. The van der Waals surface area contributed by atoms with Crippen LogP contribution in [0.1, 0.15) is 48.3 Å². The van der Waals surface area contributed by atoms with Crippen LogP contribution >= 0.6 is 11.8 Å². The maximum atomic E-state index is 11.7. The van der Waals surface area contributed by atoms with Crippen molar-refractivity contribution in [2.45, 2.75) is 43.4 Å². The van der Waals surface area contributed by atoms with Gasteiger partial charge in [-0.15, -0.1) is 5.10 Å². The Morgan fingerprint density at radius 3 is 2.60 bits per heavy atom. The Balaban J connectivity index is 1.32. The summed E-state index contributed by atoms with van der Waals surface area (Å²) in [6, 6.07) is 17.0. The molecule has 1 aromatic heterocycles. The first-order valence-electron chi connectivity index (χ1n) is 10.2. The Morgan fingerprint density at radius 2 is 1.93 bits per heavy atom. The first kappa shape index (κ1) is 20.6. The Bertz CT molecular complexity index is 985. The lowest BCUT2D eigenvalue weighted by Crippen LogP contribution is -2.20. The highest BCUT2D eigenvalue weighted by Crippen LogP contribution is 2.40. The molecule has 4 rings (SSSR count). The third-order valence-corrected chi connectivity index (χ3v) is 5.88. The molecular weight excluding hydrogens is 398 g/mol. The lowest BCUT2D eigenvalue weighted by atomic mass is 10.1. The van der Waals surface area contributed by atoms with Gasteiger partial charge >= 0.3 is 0 Å². The maximum Gasteiger partial charge on any atom is 0.209 e. The Morgan fingerprint density at radius 1 is 1.20 bits per heavy atom. The first-order valence-corrected chi connectivity index (χ1v) is 11.2. The number of rotatable bonds is 10. The van der Waals surface area contributed by atoms with Crippen molar-refractivity contribution in [2.75, 3.05) is 12.4 Å². The van der Waals surface area contributed by atoms with E-state index in [2.05, 4.69) is 5.10 Å². The fraction of sp³-hybridized carbons (Fsp3) is 0.348. The Labute approximate surface area is 180 Å². The van der Waals surface area contributed by atoms with Crippen molar-refractivity contribution < 1.29 is 14.6 Å². The smallest absolute Gasteiger partial charge is 0.209 e. The van der Waals surface area contributed by atoms with Crippen molar-refractivity contribution >= 4 is 17.5 Å². The van der Waals surface area contributed by atoms with E-state index in [-0.39, 0.29) is 12.4 Å². The molecule has 1 aliphatic rings. The van der Waals surface area contributed by atoms with Crippen LogP contribution in [-0.2, 0) is 0 Å². The second-order valence-electron chi connectivity index (χ2n) is 7.35. The zero-order chi connectivity index (χ0) is 20.9. The molecule has 1 aliphatic carbocycles. The molecule has 156 valence electrons. The number of carbonyl (C=O) groups excluding carboxylic acids is 1. The first-order chi connectivity index (χ1) is 14.6. The molecule has 0 radical (unpaired) electrons. The molecule has 0 bridgehead atoms. The molecule has 30 heavy (non-hydrogen) atoms. The maximum absolute atomic E-state index is 11.7. The molecule has 6 nitrogen and oxygen atoms in total. The van der Waals surface area contributed by atoms with E-state index in [0.29, 0.717) is 34.6 Å². The van der Waals surface area contributed by atoms with Crippen LogP contribution in [0.25, 0.3) is 5.69 Å². The van der Waals surface area contributed by atoms with Crippen LogP contribution in [0.2, 0.25) is 0 Å². The van der Waals surface area contributed by atoms with Crippen molar-refractivity contribution in [3.8, 4) is 11.4 Å². The normalized spacial score (nSPS) is 14.5. The van der Waals surface area contributed by atoms with Gasteiger partial charge < -0.3 is 9.84 Å². The van der Waals surface area contributed by atoms with E-state index in [4.69, 9.17) is 9.72 Å². The van der Waals surface area contributed by atoms with Gasteiger partial charge in [0.1, 0.15) is 18.2 Å². The van der Waals surface area contributed by atoms with Gasteiger partial charge in [0, 0.05) is 23.7 Å². The summed E-state index contributed by atoms with van der Waals surface area (Å²) in [5.41, 5.74) is 1.68. The van der Waals surface area contributed by atoms with Crippen molar-refractivity contribution in [1.82, 2.24) is 14.8 Å². The van der Waals surface area contributed by atoms with Gasteiger partial charge in [-0.25, -0.2) is 9.67 Å². The van der Waals surface area contributed by atoms with E-state index >= 15 is 0 Å². The van der Waals surface area contributed by atoms with E-state index in [1.165, 1.54) is 11.8 Å². The Hall–Kier alpha value is -2.64. The number of thioether (sulfide) groups is 1. The molecule has 0 amide bonds. The van der Waals surface area contributed by atoms with Crippen molar-refractivity contribution in [2.24, 2.45) is 0 Å². The van der Waals surface area contributed by atoms with Crippen LogP contribution in [0.5, 0.6) is 5.75 Å². The van der Waals surface area contributed by atoms with Gasteiger partial charge in [0.25, 0.3) is 0 Å². The van der Waals surface area contributed by atoms with Crippen molar-refractivity contribution in [3.05, 3.63) is 66.0 Å². The van der Waals surface area contributed by atoms with Gasteiger partial charge in [0.15, 0.2) is 5.78 Å². The zero-order valence-electron chi connectivity index (χ0n) is 16.9. The highest BCUT2D eigenvalue weighted by Gasteiger charge is 2.30. The fourth-order valence-electron chi connectivity index (χ4n) is 3.08. The number of hydrogen-bond donors (Lipinski definition) is 1. The predicted molar refractivity (Wildman–Crippen MR) is 117 cm³/mol. The van der Waals surface area contributed by atoms with E-state index in [0.717, 1.165) is 24.4 Å². The molecule has 0 saturated heterocycles. The van der Waals surface area contributed by atoms with Crippen LogP contribution in [0.3, 0.4) is 0 Å². The molecular formula is C23H25N3O3S. The lowest BCUT2D eigenvalue weighted by Gasteiger charge is -2.11. The summed E-state index contributed by atoms with van der Waals surface area (Å²) in [6.45, 7) is 2.01. The monoisotopic (exact) mass is 423 g/mol. The molecule has 1 atom stereocenters. The molecule has 0 aliphatic heterocycles. The summed E-state index contributed by atoms with van der Waals surface area (Å²) in [5, 5.41) is 15.6. The number of aromatic nitrogens is 3. The Kier molecular flexibility index (Phi) is 6.50. The molecule has 1 fully saturated rings. The topological polar surface area (TPSA) is 77.2 Å². The molecule has 3 aromatic rings. The minimum Gasteiger partial charge on any atom is -0.491 e. The highest BCUT2D eigenvalue weighted by atomic mass is 32.2. The van der Waals surface area contributed by atoms with Gasteiger partial charge in [-0.2, -0.15) is 0 Å². The summed E-state index contributed by atoms with van der Waals surface area (Å²) in [7, 11) is 0. The molecule has 1 heterocycles. The average Bonchev–Trinajstić information content (AvgIpc) is 3.55. The number of benzene rings is 2. The number of aliphatic hydroxyl groups is 1. The molecule has 1 N–H and O–H groups in total. The lowest BCUT2D eigenvalue weighted by molar-refractivity contribution is 0.0987. The molecule has 2 aromatic carbocycles. The minimum atomic E-state index is -0.653. The minimum absolute atomic E-state index is 0.103. The standard InChI is InChI=1S/C23H25N3O3S/c1-2-21(28)16-10-12-20(13-11-16)29-14-19(27)15-30-23-24-22(17-8-9-17)26(25-23)18-6-4-3-5-7-18/h3-7,10-13,17,19,27H,2,8-9,14-15H2,1H3/t19-/m0/s1.